The van der Waals surface area contributed by atoms with Gasteiger partial charge in [0, 0.05) is 11.8 Å². The Morgan fingerprint density at radius 2 is 2.12 bits per heavy atom. The quantitative estimate of drug-likeness (QED) is 0.730. The first-order valence-electron chi connectivity index (χ1n) is 4.97. The van der Waals surface area contributed by atoms with Crippen molar-refractivity contribution in [3.05, 3.63) is 48.3 Å². The number of carbonyl (C=O) groups excluding carboxylic acids is 1. The van der Waals surface area contributed by atoms with Crippen LogP contribution in [-0.2, 0) is 0 Å². The molecule has 0 saturated carbocycles. The van der Waals surface area contributed by atoms with Crippen molar-refractivity contribution in [2.24, 2.45) is 0 Å². The second-order valence-electron chi connectivity index (χ2n) is 3.48. The van der Waals surface area contributed by atoms with Crippen LogP contribution >= 0.6 is 0 Å². The van der Waals surface area contributed by atoms with Crippen molar-refractivity contribution in [1.29, 1.82) is 0 Å². The van der Waals surface area contributed by atoms with Crippen molar-refractivity contribution < 1.29 is 9.90 Å². The first kappa shape index (κ1) is 10.9. The lowest BCUT2D eigenvalue weighted by atomic mass is 10.2. The number of amides is 1. The van der Waals surface area contributed by atoms with Crippen molar-refractivity contribution in [2.45, 2.75) is 0 Å². The number of hydrogen-bond donors (Lipinski definition) is 3. The summed E-state index contributed by atoms with van der Waals surface area (Å²) in [6, 6.07) is 9.43. The summed E-state index contributed by atoms with van der Waals surface area (Å²) in [4.78, 5) is 15.6. The molecule has 1 amide bonds. The van der Waals surface area contributed by atoms with Crippen LogP contribution in [0.2, 0.25) is 0 Å². The van der Waals surface area contributed by atoms with E-state index in [1.54, 1.807) is 18.2 Å². The number of nitrogens with two attached hydrogens (primary N) is 1. The van der Waals surface area contributed by atoms with Gasteiger partial charge < -0.3 is 16.2 Å². The Balaban J connectivity index is 2.14. The molecule has 0 aliphatic carbocycles. The molecule has 17 heavy (non-hydrogen) atoms. The van der Waals surface area contributed by atoms with E-state index in [-0.39, 0.29) is 17.4 Å². The van der Waals surface area contributed by atoms with Gasteiger partial charge in [-0.15, -0.1) is 0 Å². The lowest BCUT2D eigenvalue weighted by Crippen LogP contribution is -2.13. The SMILES string of the molecule is Nc1ccc(C(=O)Nc2cccc(O)c2)nc1. The van der Waals surface area contributed by atoms with E-state index in [2.05, 4.69) is 10.3 Å². The number of pyridine rings is 1. The topological polar surface area (TPSA) is 88.2 Å². The largest absolute Gasteiger partial charge is 0.508 e. The van der Waals surface area contributed by atoms with E-state index < -0.39 is 0 Å². The zero-order chi connectivity index (χ0) is 12.3. The molecule has 2 aromatic rings. The summed E-state index contributed by atoms with van der Waals surface area (Å²) >= 11 is 0. The third-order valence-electron chi connectivity index (χ3n) is 2.12. The number of hydrogen-bond acceptors (Lipinski definition) is 4. The van der Waals surface area contributed by atoms with Gasteiger partial charge in [0.2, 0.25) is 0 Å². The molecule has 0 aliphatic rings. The normalized spacial score (nSPS) is 9.88. The van der Waals surface area contributed by atoms with Gasteiger partial charge in [-0.2, -0.15) is 0 Å². The van der Waals surface area contributed by atoms with Crippen LogP contribution in [-0.4, -0.2) is 16.0 Å². The lowest BCUT2D eigenvalue weighted by molar-refractivity contribution is 0.102. The van der Waals surface area contributed by atoms with E-state index in [1.807, 2.05) is 0 Å². The molecule has 1 aromatic heterocycles. The average Bonchev–Trinajstić information content (AvgIpc) is 2.29. The number of nitrogens with zero attached hydrogens (tertiary/aromatic N) is 1. The van der Waals surface area contributed by atoms with Gasteiger partial charge in [0.25, 0.3) is 5.91 Å². The zero-order valence-corrected chi connectivity index (χ0v) is 8.92. The van der Waals surface area contributed by atoms with Crippen LogP contribution in [0.25, 0.3) is 0 Å². The summed E-state index contributed by atoms with van der Waals surface area (Å²) in [5.41, 5.74) is 6.75. The van der Waals surface area contributed by atoms with Crippen LogP contribution in [0.1, 0.15) is 10.5 Å². The summed E-state index contributed by atoms with van der Waals surface area (Å²) in [6.45, 7) is 0. The average molecular weight is 229 g/mol. The fraction of sp³-hybridized carbons (Fsp3) is 0. The number of aromatic nitrogens is 1. The summed E-state index contributed by atoms with van der Waals surface area (Å²) < 4.78 is 0. The minimum atomic E-state index is -0.351. The highest BCUT2D eigenvalue weighted by Crippen LogP contribution is 2.16. The standard InChI is InChI=1S/C12H11N3O2/c13-8-4-5-11(14-7-8)12(17)15-9-2-1-3-10(16)6-9/h1-7,16H,13H2,(H,15,17). The van der Waals surface area contributed by atoms with Crippen molar-refractivity contribution in [2.75, 3.05) is 11.1 Å². The van der Waals surface area contributed by atoms with Gasteiger partial charge in [-0.3, -0.25) is 4.79 Å². The van der Waals surface area contributed by atoms with E-state index in [0.717, 1.165) is 0 Å². The molecule has 2 rings (SSSR count). The molecule has 5 heteroatoms. The number of carbonyl (C=O) groups is 1. The molecule has 4 N–H and O–H groups in total. The predicted octanol–water partition coefficient (Wildman–Crippen LogP) is 1.62. The first-order chi connectivity index (χ1) is 8.15. The maximum Gasteiger partial charge on any atom is 0.274 e. The fourth-order valence-corrected chi connectivity index (χ4v) is 1.32. The van der Waals surface area contributed by atoms with Gasteiger partial charge in [-0.25, -0.2) is 4.98 Å². The van der Waals surface area contributed by atoms with E-state index in [4.69, 9.17) is 5.73 Å². The molecule has 5 nitrogen and oxygen atoms in total. The third kappa shape index (κ3) is 2.72. The molecule has 86 valence electrons. The molecule has 0 radical (unpaired) electrons. The minimum Gasteiger partial charge on any atom is -0.508 e. The molecular weight excluding hydrogens is 218 g/mol. The van der Waals surface area contributed by atoms with E-state index in [1.165, 1.54) is 24.4 Å². The molecule has 0 aliphatic heterocycles. The summed E-state index contributed by atoms with van der Waals surface area (Å²) in [5.74, 6) is -0.260. The number of anilines is 2. The Bertz CT molecular complexity index is 538. The molecule has 0 spiro atoms. The number of nitrogens with one attached hydrogen (secondary N) is 1. The summed E-state index contributed by atoms with van der Waals surface area (Å²) in [5, 5.41) is 11.9. The zero-order valence-electron chi connectivity index (χ0n) is 8.92. The lowest BCUT2D eigenvalue weighted by Gasteiger charge is -2.04. The van der Waals surface area contributed by atoms with Crippen molar-refractivity contribution in [1.82, 2.24) is 4.98 Å². The van der Waals surface area contributed by atoms with Crippen molar-refractivity contribution >= 4 is 17.3 Å². The maximum atomic E-state index is 11.7. The second kappa shape index (κ2) is 4.52. The molecule has 0 unspecified atom stereocenters. The number of phenolic OH excluding ortho intramolecular Hbond substituents is 1. The Morgan fingerprint density at radius 1 is 1.29 bits per heavy atom. The highest BCUT2D eigenvalue weighted by Gasteiger charge is 2.07. The smallest absolute Gasteiger partial charge is 0.274 e. The second-order valence-corrected chi connectivity index (χ2v) is 3.48. The third-order valence-corrected chi connectivity index (χ3v) is 2.12. The van der Waals surface area contributed by atoms with Crippen LogP contribution in [0, 0.1) is 0 Å². The molecular formula is C12H11N3O2. The van der Waals surface area contributed by atoms with Gasteiger partial charge in [-0.1, -0.05) is 6.07 Å². The number of rotatable bonds is 2. The predicted molar refractivity (Wildman–Crippen MR) is 64.7 cm³/mol. The van der Waals surface area contributed by atoms with E-state index >= 15 is 0 Å². The van der Waals surface area contributed by atoms with E-state index in [9.17, 15) is 9.90 Å². The summed E-state index contributed by atoms with van der Waals surface area (Å²) in [7, 11) is 0. The van der Waals surface area contributed by atoms with Gasteiger partial charge >= 0.3 is 0 Å². The van der Waals surface area contributed by atoms with Crippen LogP contribution < -0.4 is 11.1 Å². The Labute approximate surface area is 97.9 Å². The molecule has 0 atom stereocenters. The van der Waals surface area contributed by atoms with Gasteiger partial charge in [-0.05, 0) is 24.3 Å². The van der Waals surface area contributed by atoms with Crippen LogP contribution in [0.15, 0.2) is 42.6 Å². The first-order valence-corrected chi connectivity index (χ1v) is 4.97. The summed E-state index contributed by atoms with van der Waals surface area (Å²) in [6.07, 6.45) is 1.41. The molecule has 0 fully saturated rings. The molecule has 0 saturated heterocycles. The Kier molecular flexibility index (Phi) is 2.91. The molecule has 0 bridgehead atoms. The van der Waals surface area contributed by atoms with Gasteiger partial charge in [0.15, 0.2) is 0 Å². The Morgan fingerprint density at radius 3 is 2.76 bits per heavy atom. The molecule has 1 heterocycles. The van der Waals surface area contributed by atoms with Crippen molar-refractivity contribution in [3.63, 3.8) is 0 Å². The van der Waals surface area contributed by atoms with Crippen LogP contribution in [0.5, 0.6) is 5.75 Å². The van der Waals surface area contributed by atoms with Crippen LogP contribution in [0.4, 0.5) is 11.4 Å². The number of nitrogen functional groups attached to an aromatic ring is 1. The highest BCUT2D eigenvalue weighted by molar-refractivity contribution is 6.03. The molecule has 1 aromatic carbocycles. The number of benzene rings is 1. The van der Waals surface area contributed by atoms with E-state index in [0.29, 0.717) is 11.4 Å². The fourth-order valence-electron chi connectivity index (χ4n) is 1.32. The minimum absolute atomic E-state index is 0.0908. The number of phenols is 1. The Hall–Kier alpha value is -2.56. The maximum absolute atomic E-state index is 11.7. The van der Waals surface area contributed by atoms with Crippen molar-refractivity contribution in [3.8, 4) is 5.75 Å². The highest BCUT2D eigenvalue weighted by atomic mass is 16.3. The van der Waals surface area contributed by atoms with Gasteiger partial charge in [0.1, 0.15) is 11.4 Å². The van der Waals surface area contributed by atoms with Gasteiger partial charge in [0.05, 0.1) is 11.9 Å². The monoisotopic (exact) mass is 229 g/mol. The number of aromatic hydroxyl groups is 1. The van der Waals surface area contributed by atoms with Crippen LogP contribution in [0.3, 0.4) is 0 Å².